The standard InChI is InChI=1S/C27H38N2O2/c1-6-9-18-23(21-10-7-12-28-21)26(30)25(20-15-17(4)14-19(20)16(2)3)27(31)24(18)22-11-8-13-29(22)5/h12,15,19-22,30-31H,2,6-11,13-14H2,1,3-5H3/t19?,20?,21?,22-/m0/s1. The first-order valence-electron chi connectivity index (χ1n) is 12.0. The van der Waals surface area contributed by atoms with E-state index in [0.717, 1.165) is 73.8 Å². The fourth-order valence-corrected chi connectivity index (χ4v) is 6.12. The molecule has 0 amide bonds. The van der Waals surface area contributed by atoms with Gasteiger partial charge in [-0.25, -0.2) is 0 Å². The SMILES string of the molecule is C=C(C)C1CC(C)=CC1c1c(O)c(C2CCC=N2)c(CCC)c([C@@H]2CCCN2C)c1O. The summed E-state index contributed by atoms with van der Waals surface area (Å²) < 4.78 is 0. The molecule has 168 valence electrons. The highest BCUT2D eigenvalue weighted by Crippen LogP contribution is 2.55. The van der Waals surface area contributed by atoms with Crippen LogP contribution in [0, 0.1) is 5.92 Å². The number of hydrogen-bond donors (Lipinski definition) is 2. The molecular weight excluding hydrogens is 384 g/mol. The number of benzene rings is 1. The molecule has 2 aliphatic heterocycles. The number of phenols is 2. The van der Waals surface area contributed by atoms with Crippen LogP contribution in [0.25, 0.3) is 0 Å². The Kier molecular flexibility index (Phi) is 6.30. The van der Waals surface area contributed by atoms with Crippen molar-refractivity contribution >= 4 is 6.21 Å². The lowest BCUT2D eigenvalue weighted by Gasteiger charge is -2.31. The summed E-state index contributed by atoms with van der Waals surface area (Å²) in [7, 11) is 2.16. The van der Waals surface area contributed by atoms with E-state index in [4.69, 9.17) is 4.99 Å². The second kappa shape index (κ2) is 8.82. The first-order valence-corrected chi connectivity index (χ1v) is 12.0. The summed E-state index contributed by atoms with van der Waals surface area (Å²) in [6.45, 7) is 11.7. The smallest absolute Gasteiger partial charge is 0.128 e. The first-order chi connectivity index (χ1) is 14.8. The van der Waals surface area contributed by atoms with Crippen LogP contribution in [0.2, 0.25) is 0 Å². The Labute approximate surface area is 187 Å². The zero-order valence-corrected chi connectivity index (χ0v) is 19.6. The first kappa shape index (κ1) is 22.1. The molecule has 0 radical (unpaired) electrons. The maximum Gasteiger partial charge on any atom is 0.128 e. The number of hydrogen-bond acceptors (Lipinski definition) is 4. The van der Waals surface area contributed by atoms with Crippen LogP contribution < -0.4 is 0 Å². The topological polar surface area (TPSA) is 56.1 Å². The number of aliphatic imine (C=N–C) groups is 1. The molecule has 0 aromatic heterocycles. The number of rotatable bonds is 6. The average Bonchev–Trinajstić information content (AvgIpc) is 3.45. The van der Waals surface area contributed by atoms with Gasteiger partial charge < -0.3 is 10.2 Å². The maximum atomic E-state index is 11.8. The van der Waals surface area contributed by atoms with Gasteiger partial charge in [0.1, 0.15) is 11.5 Å². The van der Waals surface area contributed by atoms with E-state index in [9.17, 15) is 10.2 Å². The molecule has 3 unspecified atom stereocenters. The van der Waals surface area contributed by atoms with Crippen molar-refractivity contribution in [3.8, 4) is 11.5 Å². The van der Waals surface area contributed by atoms with Gasteiger partial charge in [-0.05, 0) is 83.7 Å². The van der Waals surface area contributed by atoms with Crippen LogP contribution in [0.4, 0.5) is 0 Å². The van der Waals surface area contributed by atoms with Crippen molar-refractivity contribution in [3.63, 3.8) is 0 Å². The summed E-state index contributed by atoms with van der Waals surface area (Å²) in [5.74, 6) is 0.759. The van der Waals surface area contributed by atoms with Gasteiger partial charge >= 0.3 is 0 Å². The number of likely N-dealkylation sites (tertiary alicyclic amines) is 1. The van der Waals surface area contributed by atoms with E-state index < -0.39 is 0 Å². The molecule has 1 aromatic rings. The predicted molar refractivity (Wildman–Crippen MR) is 128 cm³/mol. The molecule has 0 saturated carbocycles. The fourth-order valence-electron chi connectivity index (χ4n) is 6.12. The van der Waals surface area contributed by atoms with Crippen LogP contribution in [0.1, 0.15) is 99.6 Å². The third kappa shape index (κ3) is 3.84. The van der Waals surface area contributed by atoms with Crippen molar-refractivity contribution in [2.24, 2.45) is 10.9 Å². The van der Waals surface area contributed by atoms with Crippen molar-refractivity contribution in [1.82, 2.24) is 4.90 Å². The quantitative estimate of drug-likeness (QED) is 0.525. The van der Waals surface area contributed by atoms with Crippen molar-refractivity contribution in [1.29, 1.82) is 0 Å². The van der Waals surface area contributed by atoms with Gasteiger partial charge in [-0.3, -0.25) is 9.89 Å². The number of allylic oxidation sites excluding steroid dienone is 3. The number of phenolic OH excluding ortho intramolecular Hbond substituents is 2. The third-order valence-electron chi connectivity index (χ3n) is 7.62. The molecule has 4 nitrogen and oxygen atoms in total. The van der Waals surface area contributed by atoms with Gasteiger partial charge in [0.15, 0.2) is 0 Å². The van der Waals surface area contributed by atoms with Gasteiger partial charge in [-0.1, -0.05) is 37.1 Å². The molecule has 4 rings (SSSR count). The summed E-state index contributed by atoms with van der Waals surface area (Å²) in [6.07, 6.45) is 11.0. The third-order valence-corrected chi connectivity index (χ3v) is 7.62. The minimum atomic E-state index is -0.0391. The maximum absolute atomic E-state index is 11.8. The normalized spacial score (nSPS) is 28.5. The highest BCUT2D eigenvalue weighted by atomic mass is 16.3. The van der Waals surface area contributed by atoms with Gasteiger partial charge in [0.25, 0.3) is 0 Å². The van der Waals surface area contributed by atoms with E-state index in [1.807, 2.05) is 6.21 Å². The second-order valence-corrected chi connectivity index (χ2v) is 9.93. The van der Waals surface area contributed by atoms with Crippen molar-refractivity contribution in [2.75, 3.05) is 13.6 Å². The summed E-state index contributed by atoms with van der Waals surface area (Å²) in [5, 5.41) is 23.5. The molecule has 2 heterocycles. The van der Waals surface area contributed by atoms with Gasteiger partial charge in [0.05, 0.1) is 6.04 Å². The molecular formula is C27H38N2O2. The van der Waals surface area contributed by atoms with E-state index in [2.05, 4.69) is 45.4 Å². The molecule has 31 heavy (non-hydrogen) atoms. The Bertz CT molecular complexity index is 930. The van der Waals surface area contributed by atoms with Crippen LogP contribution in [-0.2, 0) is 6.42 Å². The Morgan fingerprint density at radius 3 is 2.52 bits per heavy atom. The molecule has 1 aromatic carbocycles. The average molecular weight is 423 g/mol. The van der Waals surface area contributed by atoms with E-state index in [1.54, 1.807) is 0 Å². The van der Waals surface area contributed by atoms with Crippen LogP contribution in [0.3, 0.4) is 0 Å². The lowest BCUT2D eigenvalue weighted by atomic mass is 9.77. The Morgan fingerprint density at radius 2 is 1.94 bits per heavy atom. The molecule has 1 aliphatic carbocycles. The molecule has 0 bridgehead atoms. The van der Waals surface area contributed by atoms with Crippen molar-refractivity contribution < 1.29 is 10.2 Å². The highest BCUT2D eigenvalue weighted by Gasteiger charge is 2.39. The largest absolute Gasteiger partial charge is 0.507 e. The van der Waals surface area contributed by atoms with Crippen LogP contribution in [-0.4, -0.2) is 34.9 Å². The van der Waals surface area contributed by atoms with Crippen molar-refractivity contribution in [2.45, 2.75) is 83.7 Å². The Balaban J connectivity index is 2.00. The summed E-state index contributed by atoms with van der Waals surface area (Å²) in [4.78, 5) is 7.11. The summed E-state index contributed by atoms with van der Waals surface area (Å²) in [6, 6.07) is 0.181. The minimum absolute atomic E-state index is 0.0129. The lowest BCUT2D eigenvalue weighted by molar-refractivity contribution is 0.304. The Hall–Kier alpha value is -2.07. The number of nitrogens with zero attached hydrogens (tertiary/aromatic N) is 2. The molecule has 4 atom stereocenters. The fraction of sp³-hybridized carbons (Fsp3) is 0.593. The van der Waals surface area contributed by atoms with Gasteiger partial charge in [-0.2, -0.15) is 0 Å². The molecule has 1 saturated heterocycles. The van der Waals surface area contributed by atoms with Gasteiger partial charge in [0, 0.05) is 28.7 Å². The van der Waals surface area contributed by atoms with E-state index >= 15 is 0 Å². The molecule has 1 fully saturated rings. The van der Waals surface area contributed by atoms with Crippen LogP contribution >= 0.6 is 0 Å². The summed E-state index contributed by atoms with van der Waals surface area (Å²) >= 11 is 0. The highest BCUT2D eigenvalue weighted by molar-refractivity contribution is 5.66. The van der Waals surface area contributed by atoms with E-state index in [-0.39, 0.29) is 29.7 Å². The zero-order valence-electron chi connectivity index (χ0n) is 19.6. The molecule has 2 N–H and O–H groups in total. The van der Waals surface area contributed by atoms with E-state index in [1.165, 1.54) is 5.57 Å². The molecule has 3 aliphatic rings. The second-order valence-electron chi connectivity index (χ2n) is 9.93. The van der Waals surface area contributed by atoms with Gasteiger partial charge in [0.2, 0.25) is 0 Å². The van der Waals surface area contributed by atoms with Crippen molar-refractivity contribution in [3.05, 3.63) is 46.1 Å². The monoisotopic (exact) mass is 422 g/mol. The molecule has 0 spiro atoms. The van der Waals surface area contributed by atoms with Crippen LogP contribution in [0.15, 0.2) is 28.8 Å². The van der Waals surface area contributed by atoms with Gasteiger partial charge in [-0.15, -0.1) is 0 Å². The predicted octanol–water partition coefficient (Wildman–Crippen LogP) is 6.35. The molecule has 4 heteroatoms. The Morgan fingerprint density at radius 1 is 1.19 bits per heavy atom. The summed E-state index contributed by atoms with van der Waals surface area (Å²) in [5.41, 5.74) is 6.26. The van der Waals surface area contributed by atoms with E-state index in [0.29, 0.717) is 11.3 Å². The number of aromatic hydroxyl groups is 2. The minimum Gasteiger partial charge on any atom is -0.507 e. The lowest BCUT2D eigenvalue weighted by Crippen LogP contribution is -2.21. The zero-order chi connectivity index (χ0) is 22.3. The van der Waals surface area contributed by atoms with Crippen LogP contribution in [0.5, 0.6) is 11.5 Å².